The third kappa shape index (κ3) is 3.30. The van der Waals surface area contributed by atoms with Crippen molar-refractivity contribution in [2.24, 2.45) is 7.05 Å². The molecule has 1 amide bonds. The van der Waals surface area contributed by atoms with Crippen LogP contribution in [0, 0.1) is 13.8 Å². The second kappa shape index (κ2) is 7.37. The molecule has 0 fully saturated rings. The van der Waals surface area contributed by atoms with E-state index in [2.05, 4.69) is 5.10 Å². The summed E-state index contributed by atoms with van der Waals surface area (Å²) in [6.45, 7) is 4.27. The van der Waals surface area contributed by atoms with Crippen molar-refractivity contribution in [3.05, 3.63) is 76.1 Å². The number of anilines is 1. The molecule has 2 aromatic heterocycles. The average Bonchev–Trinajstić information content (AvgIpc) is 3.27. The van der Waals surface area contributed by atoms with Crippen LogP contribution in [0.3, 0.4) is 0 Å². The lowest BCUT2D eigenvalue weighted by Gasteiger charge is -2.20. The third-order valence-electron chi connectivity index (χ3n) is 4.72. The van der Waals surface area contributed by atoms with Crippen molar-refractivity contribution < 1.29 is 4.79 Å². The number of carbonyl (C=O) groups excluding carboxylic acids is 1. The molecule has 0 radical (unpaired) electrons. The number of halogens is 1. The quantitative estimate of drug-likeness (QED) is 0.467. The second-order valence-corrected chi connectivity index (χ2v) is 8.11. The predicted molar refractivity (Wildman–Crippen MR) is 114 cm³/mol. The number of thiazole rings is 1. The Labute approximate surface area is 172 Å². The number of benzene rings is 2. The van der Waals surface area contributed by atoms with E-state index in [1.807, 2.05) is 56.3 Å². The maximum absolute atomic E-state index is 13.5. The van der Waals surface area contributed by atoms with Gasteiger partial charge >= 0.3 is 0 Å². The molecule has 7 heteroatoms. The molecule has 142 valence electrons. The first-order chi connectivity index (χ1) is 13.5. The summed E-state index contributed by atoms with van der Waals surface area (Å²) < 4.78 is 2.62. The SMILES string of the molecule is Cc1cnn(C)c1C(=O)N(Cc1ccccc1)c1nc2c(C)c(Cl)ccc2s1. The summed E-state index contributed by atoms with van der Waals surface area (Å²) in [5, 5.41) is 5.55. The first-order valence-corrected chi connectivity index (χ1v) is 10.0. The Hall–Kier alpha value is -2.70. The van der Waals surface area contributed by atoms with Crippen LogP contribution in [-0.2, 0) is 13.6 Å². The molecule has 0 saturated heterocycles. The van der Waals surface area contributed by atoms with Crippen molar-refractivity contribution in [1.82, 2.24) is 14.8 Å². The molecule has 4 rings (SSSR count). The number of carbonyl (C=O) groups is 1. The molecular formula is C21H19ClN4OS. The van der Waals surface area contributed by atoms with Crippen LogP contribution < -0.4 is 4.90 Å². The summed E-state index contributed by atoms with van der Waals surface area (Å²) in [4.78, 5) is 20.0. The van der Waals surface area contributed by atoms with Gasteiger partial charge in [-0.2, -0.15) is 5.10 Å². The van der Waals surface area contributed by atoms with Crippen LogP contribution in [0.4, 0.5) is 5.13 Å². The lowest BCUT2D eigenvalue weighted by molar-refractivity contribution is 0.0975. The Morgan fingerprint density at radius 1 is 1.18 bits per heavy atom. The monoisotopic (exact) mass is 410 g/mol. The Kier molecular flexibility index (Phi) is 4.91. The molecule has 0 aliphatic rings. The summed E-state index contributed by atoms with van der Waals surface area (Å²) in [7, 11) is 1.78. The molecule has 0 saturated carbocycles. The largest absolute Gasteiger partial charge is 0.278 e. The van der Waals surface area contributed by atoms with Gasteiger partial charge in [0.2, 0.25) is 0 Å². The van der Waals surface area contributed by atoms with Crippen LogP contribution in [0.5, 0.6) is 0 Å². The van der Waals surface area contributed by atoms with Gasteiger partial charge in [0.15, 0.2) is 5.13 Å². The fourth-order valence-corrected chi connectivity index (χ4v) is 4.35. The number of hydrogen-bond acceptors (Lipinski definition) is 4. The maximum atomic E-state index is 13.5. The molecule has 0 bridgehead atoms. The van der Waals surface area contributed by atoms with Gasteiger partial charge in [-0.15, -0.1) is 0 Å². The Morgan fingerprint density at radius 2 is 1.93 bits per heavy atom. The number of aryl methyl sites for hydroxylation is 3. The molecule has 0 N–H and O–H groups in total. The lowest BCUT2D eigenvalue weighted by Crippen LogP contribution is -2.32. The molecule has 0 aliphatic carbocycles. The zero-order chi connectivity index (χ0) is 19.8. The topological polar surface area (TPSA) is 51.0 Å². The van der Waals surface area contributed by atoms with Crippen molar-refractivity contribution in [2.75, 3.05) is 4.90 Å². The van der Waals surface area contributed by atoms with Gasteiger partial charge in [-0.3, -0.25) is 14.4 Å². The minimum absolute atomic E-state index is 0.121. The number of amides is 1. The van der Waals surface area contributed by atoms with Gasteiger partial charge in [0.25, 0.3) is 5.91 Å². The molecule has 0 spiro atoms. The number of nitrogens with zero attached hydrogens (tertiary/aromatic N) is 4. The van der Waals surface area contributed by atoms with Crippen LogP contribution in [0.15, 0.2) is 48.7 Å². The molecule has 0 atom stereocenters. The van der Waals surface area contributed by atoms with E-state index in [-0.39, 0.29) is 5.91 Å². The highest BCUT2D eigenvalue weighted by Gasteiger charge is 2.26. The van der Waals surface area contributed by atoms with Crippen molar-refractivity contribution in [3.8, 4) is 0 Å². The van der Waals surface area contributed by atoms with Crippen LogP contribution in [0.2, 0.25) is 5.02 Å². The molecule has 2 aromatic carbocycles. The first-order valence-electron chi connectivity index (χ1n) is 8.85. The highest BCUT2D eigenvalue weighted by Crippen LogP contribution is 2.34. The van der Waals surface area contributed by atoms with E-state index in [0.29, 0.717) is 22.4 Å². The van der Waals surface area contributed by atoms with Crippen molar-refractivity contribution in [1.29, 1.82) is 0 Å². The molecule has 28 heavy (non-hydrogen) atoms. The Morgan fingerprint density at radius 3 is 2.61 bits per heavy atom. The van der Waals surface area contributed by atoms with E-state index < -0.39 is 0 Å². The number of aromatic nitrogens is 3. The average molecular weight is 411 g/mol. The summed E-state index contributed by atoms with van der Waals surface area (Å²) in [6.07, 6.45) is 1.70. The van der Waals surface area contributed by atoms with E-state index in [4.69, 9.17) is 16.6 Å². The van der Waals surface area contributed by atoms with E-state index >= 15 is 0 Å². The van der Waals surface area contributed by atoms with Gasteiger partial charge in [0, 0.05) is 12.1 Å². The summed E-state index contributed by atoms with van der Waals surface area (Å²) in [5.74, 6) is -0.121. The van der Waals surface area contributed by atoms with E-state index in [1.54, 1.807) is 22.8 Å². The van der Waals surface area contributed by atoms with E-state index in [1.165, 1.54) is 11.3 Å². The number of rotatable bonds is 4. The maximum Gasteiger partial charge on any atom is 0.278 e. The van der Waals surface area contributed by atoms with E-state index in [9.17, 15) is 4.79 Å². The number of fused-ring (bicyclic) bond motifs is 1. The third-order valence-corrected chi connectivity index (χ3v) is 6.17. The van der Waals surface area contributed by atoms with Gasteiger partial charge in [-0.05, 0) is 42.7 Å². The second-order valence-electron chi connectivity index (χ2n) is 6.69. The van der Waals surface area contributed by atoms with Gasteiger partial charge in [0.05, 0.1) is 23.0 Å². The van der Waals surface area contributed by atoms with Crippen LogP contribution in [0.1, 0.15) is 27.2 Å². The highest BCUT2D eigenvalue weighted by molar-refractivity contribution is 7.22. The summed E-state index contributed by atoms with van der Waals surface area (Å²) in [6, 6.07) is 13.7. The molecular weight excluding hydrogens is 392 g/mol. The van der Waals surface area contributed by atoms with Gasteiger partial charge in [-0.25, -0.2) is 4.98 Å². The standard InChI is InChI=1S/C21H19ClN4OS/c1-13-11-23-25(3)19(13)20(27)26(12-15-7-5-4-6-8-15)21-24-18-14(2)16(22)9-10-17(18)28-21/h4-11H,12H2,1-3H3. The minimum Gasteiger partial charge on any atom is -0.278 e. The highest BCUT2D eigenvalue weighted by atomic mass is 35.5. The van der Waals surface area contributed by atoms with Crippen molar-refractivity contribution >= 4 is 44.2 Å². The Balaban J connectivity index is 1.83. The number of hydrogen-bond donors (Lipinski definition) is 0. The summed E-state index contributed by atoms with van der Waals surface area (Å²) >= 11 is 7.75. The Bertz CT molecular complexity index is 1150. The van der Waals surface area contributed by atoms with Crippen molar-refractivity contribution in [2.45, 2.75) is 20.4 Å². The van der Waals surface area contributed by atoms with Gasteiger partial charge in [0.1, 0.15) is 5.69 Å². The molecule has 0 aliphatic heterocycles. The van der Waals surface area contributed by atoms with Crippen LogP contribution in [0.25, 0.3) is 10.2 Å². The smallest absolute Gasteiger partial charge is 0.278 e. The fraction of sp³-hybridized carbons (Fsp3) is 0.190. The normalized spacial score (nSPS) is 11.1. The zero-order valence-corrected chi connectivity index (χ0v) is 17.4. The molecule has 2 heterocycles. The van der Waals surface area contributed by atoms with Gasteiger partial charge in [-0.1, -0.05) is 53.3 Å². The molecule has 5 nitrogen and oxygen atoms in total. The molecule has 4 aromatic rings. The van der Waals surface area contributed by atoms with Crippen LogP contribution >= 0.6 is 22.9 Å². The van der Waals surface area contributed by atoms with Crippen molar-refractivity contribution in [3.63, 3.8) is 0 Å². The van der Waals surface area contributed by atoms with Crippen LogP contribution in [-0.4, -0.2) is 20.7 Å². The molecule has 0 unspecified atom stereocenters. The summed E-state index contributed by atoms with van der Waals surface area (Å²) in [5.41, 5.74) is 4.19. The first kappa shape index (κ1) is 18.7. The predicted octanol–water partition coefficient (Wildman–Crippen LogP) is 5.15. The fourth-order valence-electron chi connectivity index (χ4n) is 3.18. The lowest BCUT2D eigenvalue weighted by atomic mass is 10.2. The minimum atomic E-state index is -0.121. The van der Waals surface area contributed by atoms with Gasteiger partial charge < -0.3 is 0 Å². The zero-order valence-electron chi connectivity index (χ0n) is 15.8. The van der Waals surface area contributed by atoms with E-state index in [0.717, 1.165) is 26.9 Å².